The maximum absolute atomic E-state index is 12.5. The maximum atomic E-state index is 12.5. The van der Waals surface area contributed by atoms with Crippen LogP contribution in [0.2, 0.25) is 0 Å². The first-order valence-corrected chi connectivity index (χ1v) is 7.73. The maximum Gasteiger partial charge on any atom is 0.264 e. The Morgan fingerprint density at radius 3 is 3.00 bits per heavy atom. The topological polar surface area (TPSA) is 32.3 Å². The third-order valence-corrected chi connectivity index (χ3v) is 4.54. The third-order valence-electron chi connectivity index (χ3n) is 3.59. The Balaban J connectivity index is 2.04. The van der Waals surface area contributed by atoms with Crippen LogP contribution in [0.5, 0.6) is 0 Å². The highest BCUT2D eigenvalue weighted by molar-refractivity contribution is 7.12. The summed E-state index contributed by atoms with van der Waals surface area (Å²) in [6.45, 7) is 6.89. The summed E-state index contributed by atoms with van der Waals surface area (Å²) in [5.41, 5.74) is 1.18. The molecule has 0 aliphatic carbocycles. The van der Waals surface area contributed by atoms with E-state index < -0.39 is 0 Å². The monoisotopic (exact) mass is 266 g/mol. The van der Waals surface area contributed by atoms with E-state index in [0.717, 1.165) is 30.9 Å². The molecule has 0 saturated carbocycles. The van der Waals surface area contributed by atoms with Gasteiger partial charge >= 0.3 is 0 Å². The summed E-state index contributed by atoms with van der Waals surface area (Å²) in [5.74, 6) is 0.207. The highest BCUT2D eigenvalue weighted by atomic mass is 32.1. The average Bonchev–Trinajstić information content (AvgIpc) is 3.05. The molecule has 2 heterocycles. The highest BCUT2D eigenvalue weighted by Crippen LogP contribution is 2.20. The molecule has 1 aromatic rings. The largest absolute Gasteiger partial charge is 0.337 e. The van der Waals surface area contributed by atoms with Gasteiger partial charge in [-0.05, 0) is 49.7 Å². The first kappa shape index (κ1) is 13.6. The lowest BCUT2D eigenvalue weighted by atomic mass is 10.1. The van der Waals surface area contributed by atoms with Crippen molar-refractivity contribution in [1.29, 1.82) is 0 Å². The van der Waals surface area contributed by atoms with Crippen molar-refractivity contribution in [2.45, 2.75) is 39.2 Å². The molecule has 1 atom stereocenters. The minimum absolute atomic E-state index is 0.207. The van der Waals surface area contributed by atoms with E-state index in [-0.39, 0.29) is 5.91 Å². The van der Waals surface area contributed by atoms with Crippen LogP contribution in [-0.2, 0) is 6.42 Å². The Morgan fingerprint density at radius 2 is 2.39 bits per heavy atom. The quantitative estimate of drug-likeness (QED) is 0.888. The van der Waals surface area contributed by atoms with Gasteiger partial charge < -0.3 is 10.2 Å². The molecular formula is C14H22N2OS. The lowest BCUT2D eigenvalue weighted by Gasteiger charge is -2.24. The Hall–Kier alpha value is -0.870. The zero-order valence-corrected chi connectivity index (χ0v) is 12.1. The minimum Gasteiger partial charge on any atom is -0.337 e. The summed E-state index contributed by atoms with van der Waals surface area (Å²) in [5, 5.41) is 5.48. The summed E-state index contributed by atoms with van der Waals surface area (Å²) < 4.78 is 0. The molecule has 2 rings (SSSR count). The predicted molar refractivity (Wildman–Crippen MR) is 76.3 cm³/mol. The summed E-state index contributed by atoms with van der Waals surface area (Å²) in [7, 11) is 0. The molecule has 1 amide bonds. The molecule has 0 spiro atoms. The van der Waals surface area contributed by atoms with Gasteiger partial charge in [0.2, 0.25) is 0 Å². The average molecular weight is 266 g/mol. The third kappa shape index (κ3) is 2.93. The molecule has 1 fully saturated rings. The predicted octanol–water partition coefficient (Wildman–Crippen LogP) is 2.52. The molecule has 1 N–H and O–H groups in total. The summed E-state index contributed by atoms with van der Waals surface area (Å²) in [4.78, 5) is 15.4. The molecule has 0 aromatic carbocycles. The van der Waals surface area contributed by atoms with Gasteiger partial charge in [0.1, 0.15) is 0 Å². The van der Waals surface area contributed by atoms with E-state index >= 15 is 0 Å². The summed E-state index contributed by atoms with van der Waals surface area (Å²) in [6, 6.07) is 2.55. The van der Waals surface area contributed by atoms with E-state index in [4.69, 9.17) is 0 Å². The molecule has 4 heteroatoms. The molecule has 3 nitrogen and oxygen atoms in total. The van der Waals surface area contributed by atoms with Crippen molar-refractivity contribution in [2.24, 2.45) is 0 Å². The molecule has 1 unspecified atom stereocenters. The van der Waals surface area contributed by atoms with Gasteiger partial charge in [-0.15, -0.1) is 11.3 Å². The second kappa shape index (κ2) is 6.34. The number of amides is 1. The molecule has 1 saturated heterocycles. The van der Waals surface area contributed by atoms with E-state index in [2.05, 4.69) is 25.2 Å². The van der Waals surface area contributed by atoms with Gasteiger partial charge in [0.25, 0.3) is 5.91 Å². The second-order valence-electron chi connectivity index (χ2n) is 4.77. The van der Waals surface area contributed by atoms with Crippen molar-refractivity contribution in [3.63, 3.8) is 0 Å². The smallest absolute Gasteiger partial charge is 0.264 e. The van der Waals surface area contributed by atoms with E-state index in [1.807, 2.05) is 10.3 Å². The standard InChI is InChI=1S/C14H22N2OS/c1-3-11-7-9-18-13(11)14(17)16(4-2)10-12-6-5-8-15-12/h7,9,12,15H,3-6,8,10H2,1-2H3. The van der Waals surface area contributed by atoms with Crippen molar-refractivity contribution >= 4 is 17.2 Å². The highest BCUT2D eigenvalue weighted by Gasteiger charge is 2.23. The summed E-state index contributed by atoms with van der Waals surface area (Å²) >= 11 is 1.57. The van der Waals surface area contributed by atoms with Crippen LogP contribution in [0, 0.1) is 0 Å². The van der Waals surface area contributed by atoms with Gasteiger partial charge in [-0.3, -0.25) is 4.79 Å². The van der Waals surface area contributed by atoms with Crippen molar-refractivity contribution in [2.75, 3.05) is 19.6 Å². The van der Waals surface area contributed by atoms with Crippen LogP contribution < -0.4 is 5.32 Å². The summed E-state index contributed by atoms with van der Waals surface area (Å²) in [6.07, 6.45) is 3.36. The van der Waals surface area contributed by atoms with Crippen LogP contribution in [-0.4, -0.2) is 36.5 Å². The van der Waals surface area contributed by atoms with Gasteiger partial charge in [0.15, 0.2) is 0 Å². The van der Waals surface area contributed by atoms with Gasteiger partial charge in [-0.1, -0.05) is 6.92 Å². The van der Waals surface area contributed by atoms with Gasteiger partial charge in [0, 0.05) is 19.1 Å². The van der Waals surface area contributed by atoms with Crippen LogP contribution in [0.1, 0.15) is 41.9 Å². The number of hydrogen-bond donors (Lipinski definition) is 1. The lowest BCUT2D eigenvalue weighted by molar-refractivity contribution is 0.0755. The molecule has 18 heavy (non-hydrogen) atoms. The molecular weight excluding hydrogens is 244 g/mol. The van der Waals surface area contributed by atoms with Crippen LogP contribution in [0.25, 0.3) is 0 Å². The Kier molecular flexibility index (Phi) is 4.78. The van der Waals surface area contributed by atoms with Crippen LogP contribution in [0.4, 0.5) is 0 Å². The lowest BCUT2D eigenvalue weighted by Crippen LogP contribution is -2.41. The Labute approximate surface area is 113 Å². The molecule has 0 bridgehead atoms. The minimum atomic E-state index is 0.207. The van der Waals surface area contributed by atoms with Crippen molar-refractivity contribution in [3.05, 3.63) is 21.9 Å². The zero-order chi connectivity index (χ0) is 13.0. The number of rotatable bonds is 5. The second-order valence-corrected chi connectivity index (χ2v) is 5.68. The van der Waals surface area contributed by atoms with Gasteiger partial charge in [0.05, 0.1) is 4.88 Å². The van der Waals surface area contributed by atoms with E-state index in [9.17, 15) is 4.79 Å². The fraction of sp³-hybridized carbons (Fsp3) is 0.643. The normalized spacial score (nSPS) is 19.1. The van der Waals surface area contributed by atoms with E-state index in [0.29, 0.717) is 6.04 Å². The number of hydrogen-bond acceptors (Lipinski definition) is 3. The molecule has 1 aliphatic heterocycles. The molecule has 0 radical (unpaired) electrons. The number of thiophene rings is 1. The number of nitrogens with zero attached hydrogens (tertiary/aromatic N) is 1. The van der Waals surface area contributed by atoms with Gasteiger partial charge in [-0.25, -0.2) is 0 Å². The first-order chi connectivity index (χ1) is 8.76. The van der Waals surface area contributed by atoms with Gasteiger partial charge in [-0.2, -0.15) is 0 Å². The van der Waals surface area contributed by atoms with E-state index in [1.165, 1.54) is 18.4 Å². The molecule has 100 valence electrons. The van der Waals surface area contributed by atoms with Crippen LogP contribution in [0.3, 0.4) is 0 Å². The van der Waals surface area contributed by atoms with Crippen LogP contribution in [0.15, 0.2) is 11.4 Å². The fourth-order valence-corrected chi connectivity index (χ4v) is 3.44. The van der Waals surface area contributed by atoms with Crippen molar-refractivity contribution in [3.8, 4) is 0 Å². The Morgan fingerprint density at radius 1 is 1.56 bits per heavy atom. The van der Waals surface area contributed by atoms with E-state index in [1.54, 1.807) is 11.3 Å². The fourth-order valence-electron chi connectivity index (χ4n) is 2.48. The van der Waals surface area contributed by atoms with Crippen LogP contribution >= 0.6 is 11.3 Å². The molecule has 1 aliphatic rings. The number of nitrogens with one attached hydrogen (secondary N) is 1. The van der Waals surface area contributed by atoms with Crippen molar-refractivity contribution < 1.29 is 4.79 Å². The number of carbonyl (C=O) groups excluding carboxylic acids is 1. The zero-order valence-electron chi connectivity index (χ0n) is 11.2. The Bertz CT molecular complexity index is 396. The number of aryl methyl sites for hydroxylation is 1. The SMILES string of the molecule is CCc1ccsc1C(=O)N(CC)CC1CCCN1. The number of carbonyl (C=O) groups is 1. The first-order valence-electron chi connectivity index (χ1n) is 6.85. The molecule has 1 aromatic heterocycles. The number of likely N-dealkylation sites (N-methyl/N-ethyl adjacent to an activating group) is 1. The van der Waals surface area contributed by atoms with Crippen molar-refractivity contribution in [1.82, 2.24) is 10.2 Å².